The maximum absolute atomic E-state index is 13.4. The van der Waals surface area contributed by atoms with Gasteiger partial charge in [-0.15, -0.1) is 0 Å². The zero-order valence-corrected chi connectivity index (χ0v) is 21.5. The Bertz CT molecular complexity index is 1170. The zero-order valence-electron chi connectivity index (χ0n) is 21.5. The molecule has 202 valence electrons. The van der Waals surface area contributed by atoms with Crippen LogP contribution in [0.25, 0.3) is 0 Å². The first kappa shape index (κ1) is 27.3. The fourth-order valence-electron chi connectivity index (χ4n) is 4.47. The molecule has 0 bridgehead atoms. The third-order valence-corrected chi connectivity index (χ3v) is 6.50. The highest BCUT2D eigenvalue weighted by molar-refractivity contribution is 5.77. The normalized spacial score (nSPS) is 13.4. The van der Waals surface area contributed by atoms with Crippen LogP contribution in [0, 0.1) is 5.82 Å². The van der Waals surface area contributed by atoms with Crippen LogP contribution in [-0.2, 0) is 17.6 Å². The number of anilines is 2. The molecule has 0 spiro atoms. The van der Waals surface area contributed by atoms with E-state index in [1.807, 2.05) is 0 Å². The van der Waals surface area contributed by atoms with E-state index in [4.69, 9.17) is 9.72 Å². The number of rotatable bonds is 15. The molecule has 1 atom stereocenters. The average molecular weight is 523 g/mol. The molecule has 4 rings (SSSR count). The molecular weight excluding hydrogens is 487 g/mol. The van der Waals surface area contributed by atoms with Crippen molar-refractivity contribution in [3.05, 3.63) is 72.2 Å². The molecule has 4 heterocycles. The molecule has 0 unspecified atom stereocenters. The van der Waals surface area contributed by atoms with Gasteiger partial charge in [0.05, 0.1) is 18.1 Å². The van der Waals surface area contributed by atoms with Crippen LogP contribution in [0.3, 0.4) is 0 Å². The van der Waals surface area contributed by atoms with E-state index in [1.165, 1.54) is 17.8 Å². The van der Waals surface area contributed by atoms with Crippen LogP contribution in [-0.4, -0.2) is 69.8 Å². The molecule has 38 heavy (non-hydrogen) atoms. The van der Waals surface area contributed by atoms with E-state index in [2.05, 4.69) is 37.6 Å². The summed E-state index contributed by atoms with van der Waals surface area (Å²) in [6.07, 6.45) is 11.3. The first-order chi connectivity index (χ1) is 18.6. The summed E-state index contributed by atoms with van der Waals surface area (Å²) in [5.41, 5.74) is 3.03. The molecule has 0 fully saturated rings. The third kappa shape index (κ3) is 8.65. The predicted octanol–water partition coefficient (Wildman–Crippen LogP) is 4.03. The van der Waals surface area contributed by atoms with Crippen LogP contribution in [0.2, 0.25) is 0 Å². The third-order valence-electron chi connectivity index (χ3n) is 6.50. The van der Waals surface area contributed by atoms with Crippen molar-refractivity contribution in [3.8, 4) is 5.75 Å². The maximum atomic E-state index is 13.4. The van der Waals surface area contributed by atoms with Crippen molar-refractivity contribution in [2.75, 3.05) is 43.4 Å². The number of nitrogens with one attached hydrogen (secondary N) is 2. The van der Waals surface area contributed by atoms with Gasteiger partial charge in [-0.25, -0.2) is 14.2 Å². The summed E-state index contributed by atoms with van der Waals surface area (Å²) in [7, 11) is 0. The lowest BCUT2D eigenvalue weighted by Gasteiger charge is -2.25. The summed E-state index contributed by atoms with van der Waals surface area (Å²) in [6.45, 7) is 3.25. The molecule has 0 amide bonds. The number of ether oxygens (including phenoxy) is 1. The van der Waals surface area contributed by atoms with Crippen molar-refractivity contribution in [3.63, 3.8) is 0 Å². The number of aryl methyl sites for hydroxylation is 2. The predicted molar refractivity (Wildman–Crippen MR) is 144 cm³/mol. The molecule has 10 heteroatoms. The van der Waals surface area contributed by atoms with E-state index >= 15 is 0 Å². The summed E-state index contributed by atoms with van der Waals surface area (Å²) in [5, 5.41) is 16.2. The Labute approximate surface area is 222 Å². The van der Waals surface area contributed by atoms with Crippen molar-refractivity contribution in [1.29, 1.82) is 0 Å². The SMILES string of the molecule is O=C(O)[C@H](CCN(CCCCc1ccc2c(n1)NCCC2)CCOc1cncc(F)c1)Nc1cccnc1. The minimum Gasteiger partial charge on any atom is -0.491 e. The van der Waals surface area contributed by atoms with E-state index < -0.39 is 17.8 Å². The van der Waals surface area contributed by atoms with Crippen molar-refractivity contribution in [2.45, 2.75) is 44.6 Å². The number of pyridine rings is 3. The standard InChI is InChI=1S/C28H35FN6O3/c29-22-17-25(20-31-18-22)38-16-15-35(14-10-26(28(36)37)33-24-7-4-11-30-19-24)13-2-1-6-23-9-8-21-5-3-12-32-27(21)34-23/h4,7-9,11,17-20,26,33H,1-3,5-6,10,12-16H2,(H,32,34)(H,36,37)/t26-/m0/s1. The molecule has 3 N–H and O–H groups in total. The molecule has 3 aromatic rings. The molecule has 9 nitrogen and oxygen atoms in total. The highest BCUT2D eigenvalue weighted by atomic mass is 19.1. The van der Waals surface area contributed by atoms with Crippen LogP contribution in [0.1, 0.15) is 36.9 Å². The van der Waals surface area contributed by atoms with Crippen LogP contribution in [0.5, 0.6) is 5.75 Å². The Kier molecular flexibility index (Phi) is 10.2. The van der Waals surface area contributed by atoms with Crippen LogP contribution >= 0.6 is 0 Å². The quantitative estimate of drug-likeness (QED) is 0.255. The highest BCUT2D eigenvalue weighted by Crippen LogP contribution is 2.20. The zero-order chi connectivity index (χ0) is 26.6. The molecule has 1 aliphatic rings. The summed E-state index contributed by atoms with van der Waals surface area (Å²) in [5.74, 6) is 0.0259. The highest BCUT2D eigenvalue weighted by Gasteiger charge is 2.19. The Morgan fingerprint density at radius 3 is 2.89 bits per heavy atom. The molecule has 0 saturated heterocycles. The van der Waals surface area contributed by atoms with Crippen molar-refractivity contribution < 1.29 is 19.0 Å². The fraction of sp³-hybridized carbons (Fsp3) is 0.429. The Morgan fingerprint density at radius 2 is 2.08 bits per heavy atom. The van der Waals surface area contributed by atoms with E-state index in [9.17, 15) is 14.3 Å². The summed E-state index contributed by atoms with van der Waals surface area (Å²) in [4.78, 5) is 26.7. The van der Waals surface area contributed by atoms with Gasteiger partial charge < -0.3 is 20.5 Å². The van der Waals surface area contributed by atoms with Gasteiger partial charge in [-0.3, -0.25) is 14.9 Å². The summed E-state index contributed by atoms with van der Waals surface area (Å²) in [6, 6.07) is 8.41. The number of hydrogen-bond donors (Lipinski definition) is 3. The fourth-order valence-corrected chi connectivity index (χ4v) is 4.47. The second-order valence-corrected chi connectivity index (χ2v) is 9.39. The minimum absolute atomic E-state index is 0.344. The Morgan fingerprint density at radius 1 is 1.16 bits per heavy atom. The second kappa shape index (κ2) is 14.2. The Hall–Kier alpha value is -3.79. The average Bonchev–Trinajstić information content (AvgIpc) is 2.93. The number of unbranched alkanes of at least 4 members (excludes halogenated alkanes) is 1. The van der Waals surface area contributed by atoms with Gasteiger partial charge in [0, 0.05) is 43.8 Å². The lowest BCUT2D eigenvalue weighted by atomic mass is 10.1. The summed E-state index contributed by atoms with van der Waals surface area (Å²) >= 11 is 0. The number of aromatic nitrogens is 3. The lowest BCUT2D eigenvalue weighted by Crippen LogP contribution is -2.37. The van der Waals surface area contributed by atoms with Gasteiger partial charge in [0.1, 0.15) is 30.0 Å². The summed E-state index contributed by atoms with van der Waals surface area (Å²) < 4.78 is 19.1. The number of hydrogen-bond acceptors (Lipinski definition) is 8. The number of fused-ring (bicyclic) bond motifs is 1. The van der Waals surface area contributed by atoms with Gasteiger partial charge in [-0.1, -0.05) is 6.07 Å². The van der Waals surface area contributed by atoms with E-state index in [0.29, 0.717) is 37.6 Å². The minimum atomic E-state index is -0.914. The van der Waals surface area contributed by atoms with Gasteiger partial charge >= 0.3 is 5.97 Å². The maximum Gasteiger partial charge on any atom is 0.326 e. The smallest absolute Gasteiger partial charge is 0.326 e. The Balaban J connectivity index is 1.29. The monoisotopic (exact) mass is 522 g/mol. The number of carbonyl (C=O) groups is 1. The van der Waals surface area contributed by atoms with Crippen molar-refractivity contribution in [1.82, 2.24) is 19.9 Å². The van der Waals surface area contributed by atoms with Gasteiger partial charge in [0.2, 0.25) is 0 Å². The number of aliphatic carboxylic acids is 1. The number of halogens is 1. The first-order valence-electron chi connectivity index (χ1n) is 13.1. The molecule has 1 aliphatic heterocycles. The second-order valence-electron chi connectivity index (χ2n) is 9.39. The van der Waals surface area contributed by atoms with Crippen LogP contribution < -0.4 is 15.4 Å². The van der Waals surface area contributed by atoms with E-state index in [1.54, 1.807) is 24.5 Å². The topological polar surface area (TPSA) is 112 Å². The van der Waals surface area contributed by atoms with Crippen molar-refractivity contribution in [2.24, 2.45) is 0 Å². The molecule has 0 saturated carbocycles. The van der Waals surface area contributed by atoms with Gasteiger partial charge in [0.25, 0.3) is 0 Å². The van der Waals surface area contributed by atoms with Gasteiger partial charge in [-0.2, -0.15) is 0 Å². The number of carboxylic acids is 1. The van der Waals surface area contributed by atoms with E-state index in [0.717, 1.165) is 62.9 Å². The largest absolute Gasteiger partial charge is 0.491 e. The lowest BCUT2D eigenvalue weighted by molar-refractivity contribution is -0.138. The van der Waals surface area contributed by atoms with Crippen LogP contribution in [0.4, 0.5) is 15.9 Å². The van der Waals surface area contributed by atoms with Crippen LogP contribution in [0.15, 0.2) is 55.1 Å². The molecule has 0 aliphatic carbocycles. The number of carboxylic acid groups (broad SMARTS) is 1. The molecule has 0 radical (unpaired) electrons. The molecule has 3 aromatic heterocycles. The van der Waals surface area contributed by atoms with E-state index in [-0.39, 0.29) is 0 Å². The van der Waals surface area contributed by atoms with Gasteiger partial charge in [-0.05, 0) is 68.8 Å². The molecule has 0 aromatic carbocycles. The number of nitrogens with zero attached hydrogens (tertiary/aromatic N) is 4. The first-order valence-corrected chi connectivity index (χ1v) is 13.1. The molecular formula is C28H35FN6O3. The van der Waals surface area contributed by atoms with Crippen molar-refractivity contribution >= 4 is 17.5 Å². The van der Waals surface area contributed by atoms with Gasteiger partial charge in [0.15, 0.2) is 0 Å².